The number of aromatic nitrogens is 1. The normalized spacial score (nSPS) is 10.3. The van der Waals surface area contributed by atoms with Crippen molar-refractivity contribution >= 4 is 16.7 Å². The van der Waals surface area contributed by atoms with E-state index in [4.69, 9.17) is 0 Å². The van der Waals surface area contributed by atoms with Crippen molar-refractivity contribution in [3.05, 3.63) is 41.7 Å². The quantitative estimate of drug-likeness (QED) is 0.665. The Labute approximate surface area is 87.7 Å². The number of rotatable bonds is 1. The summed E-state index contributed by atoms with van der Waals surface area (Å²) in [6.45, 7) is 1.97. The van der Waals surface area contributed by atoms with Gasteiger partial charge < -0.3 is 4.74 Å². The molecule has 0 fully saturated rings. The highest BCUT2D eigenvalue weighted by molar-refractivity contribution is 5.96. The lowest BCUT2D eigenvalue weighted by atomic mass is 10.1. The Morgan fingerprint density at radius 2 is 2.13 bits per heavy atom. The number of aryl methyl sites for hydroxylation is 1. The third-order valence-electron chi connectivity index (χ3n) is 2.38. The molecule has 3 nitrogen and oxygen atoms in total. The number of pyridine rings is 1. The van der Waals surface area contributed by atoms with E-state index in [2.05, 4.69) is 9.72 Å². The van der Waals surface area contributed by atoms with Crippen molar-refractivity contribution < 1.29 is 9.53 Å². The highest BCUT2D eigenvalue weighted by Gasteiger charge is 2.06. The van der Waals surface area contributed by atoms with Crippen LogP contribution in [-0.4, -0.2) is 18.1 Å². The monoisotopic (exact) mass is 201 g/mol. The van der Waals surface area contributed by atoms with Gasteiger partial charge in [0.1, 0.15) is 0 Å². The summed E-state index contributed by atoms with van der Waals surface area (Å²) in [6.07, 6.45) is 3.56. The Morgan fingerprint density at radius 3 is 2.87 bits per heavy atom. The Bertz CT molecular complexity index is 520. The van der Waals surface area contributed by atoms with Gasteiger partial charge in [-0.15, -0.1) is 0 Å². The summed E-state index contributed by atoms with van der Waals surface area (Å²) in [5.41, 5.74) is 1.62. The molecule has 0 N–H and O–H groups in total. The predicted octanol–water partition coefficient (Wildman–Crippen LogP) is 2.33. The van der Waals surface area contributed by atoms with Gasteiger partial charge in [-0.25, -0.2) is 4.79 Å². The molecule has 0 unspecified atom stereocenters. The number of hydrogen-bond donors (Lipinski definition) is 0. The fraction of sp³-hybridized carbons (Fsp3) is 0.167. The molecule has 0 bridgehead atoms. The van der Waals surface area contributed by atoms with E-state index in [0.717, 1.165) is 16.3 Å². The lowest BCUT2D eigenvalue weighted by molar-refractivity contribution is 0.0601. The SMILES string of the molecule is COC(=O)c1ccc2cncc(C)c2c1. The average molecular weight is 201 g/mol. The first-order chi connectivity index (χ1) is 7.22. The van der Waals surface area contributed by atoms with Crippen molar-refractivity contribution in [2.24, 2.45) is 0 Å². The van der Waals surface area contributed by atoms with E-state index in [1.165, 1.54) is 7.11 Å². The minimum atomic E-state index is -0.312. The first-order valence-electron chi connectivity index (χ1n) is 4.65. The number of ether oxygens (including phenoxy) is 1. The molecule has 1 aromatic carbocycles. The van der Waals surface area contributed by atoms with Crippen molar-refractivity contribution in [1.82, 2.24) is 4.98 Å². The van der Waals surface area contributed by atoms with Gasteiger partial charge in [0.05, 0.1) is 12.7 Å². The second-order valence-corrected chi connectivity index (χ2v) is 3.38. The Balaban J connectivity index is 2.64. The van der Waals surface area contributed by atoms with Crippen LogP contribution in [0.3, 0.4) is 0 Å². The molecule has 76 valence electrons. The molecule has 0 radical (unpaired) electrons. The van der Waals surface area contributed by atoms with Crippen LogP contribution >= 0.6 is 0 Å². The molecule has 2 rings (SSSR count). The van der Waals surface area contributed by atoms with Gasteiger partial charge in [-0.1, -0.05) is 6.07 Å². The van der Waals surface area contributed by atoms with Crippen LogP contribution in [-0.2, 0) is 4.74 Å². The minimum Gasteiger partial charge on any atom is -0.465 e. The molecule has 1 aromatic heterocycles. The van der Waals surface area contributed by atoms with Crippen molar-refractivity contribution in [1.29, 1.82) is 0 Å². The third-order valence-corrected chi connectivity index (χ3v) is 2.38. The molecular weight excluding hydrogens is 190 g/mol. The number of nitrogens with zero attached hydrogens (tertiary/aromatic N) is 1. The second kappa shape index (κ2) is 3.69. The Morgan fingerprint density at radius 1 is 1.33 bits per heavy atom. The summed E-state index contributed by atoms with van der Waals surface area (Å²) >= 11 is 0. The minimum absolute atomic E-state index is 0.312. The van der Waals surface area contributed by atoms with E-state index >= 15 is 0 Å². The number of fused-ring (bicyclic) bond motifs is 1. The Hall–Kier alpha value is -1.90. The Kier molecular flexibility index (Phi) is 2.37. The fourth-order valence-corrected chi connectivity index (χ4v) is 1.55. The number of esters is 1. The molecule has 15 heavy (non-hydrogen) atoms. The molecule has 0 aliphatic rings. The van der Waals surface area contributed by atoms with Crippen LogP contribution in [0, 0.1) is 6.92 Å². The smallest absolute Gasteiger partial charge is 0.337 e. The van der Waals surface area contributed by atoms with Gasteiger partial charge in [0.15, 0.2) is 0 Å². The van der Waals surface area contributed by atoms with E-state index < -0.39 is 0 Å². The zero-order valence-corrected chi connectivity index (χ0v) is 8.65. The lowest BCUT2D eigenvalue weighted by Crippen LogP contribution is -2.00. The van der Waals surface area contributed by atoms with Crippen LogP contribution in [0.1, 0.15) is 15.9 Å². The first-order valence-corrected chi connectivity index (χ1v) is 4.65. The zero-order valence-electron chi connectivity index (χ0n) is 8.65. The van der Waals surface area contributed by atoms with Crippen molar-refractivity contribution in [2.45, 2.75) is 6.92 Å². The summed E-state index contributed by atoms with van der Waals surface area (Å²) in [7, 11) is 1.38. The van der Waals surface area contributed by atoms with Gasteiger partial charge in [0.25, 0.3) is 0 Å². The van der Waals surface area contributed by atoms with Crippen LogP contribution in [0.25, 0.3) is 10.8 Å². The molecule has 0 atom stereocenters. The molecular formula is C12H11NO2. The summed E-state index contributed by atoms with van der Waals surface area (Å²) in [5, 5.41) is 2.07. The van der Waals surface area contributed by atoms with Crippen LogP contribution in [0.15, 0.2) is 30.6 Å². The van der Waals surface area contributed by atoms with Gasteiger partial charge in [-0.3, -0.25) is 4.98 Å². The standard InChI is InChI=1S/C12H11NO2/c1-8-6-13-7-10-4-3-9(5-11(8)10)12(14)15-2/h3-7H,1-2H3. The van der Waals surface area contributed by atoms with Crippen molar-refractivity contribution in [3.8, 4) is 0 Å². The van der Waals surface area contributed by atoms with E-state index in [1.54, 1.807) is 18.5 Å². The van der Waals surface area contributed by atoms with Gasteiger partial charge in [0.2, 0.25) is 0 Å². The molecule has 3 heteroatoms. The largest absolute Gasteiger partial charge is 0.465 e. The van der Waals surface area contributed by atoms with E-state index in [9.17, 15) is 4.79 Å². The number of carbonyl (C=O) groups excluding carboxylic acids is 1. The zero-order chi connectivity index (χ0) is 10.8. The summed E-state index contributed by atoms with van der Waals surface area (Å²) in [5.74, 6) is -0.312. The van der Waals surface area contributed by atoms with Crippen LogP contribution in [0.2, 0.25) is 0 Å². The van der Waals surface area contributed by atoms with Gasteiger partial charge >= 0.3 is 5.97 Å². The van der Waals surface area contributed by atoms with Gasteiger partial charge in [0, 0.05) is 17.8 Å². The van der Waals surface area contributed by atoms with Crippen LogP contribution in [0.4, 0.5) is 0 Å². The maximum absolute atomic E-state index is 11.3. The summed E-state index contributed by atoms with van der Waals surface area (Å²) < 4.78 is 4.67. The molecule has 0 saturated carbocycles. The fourth-order valence-electron chi connectivity index (χ4n) is 1.55. The van der Waals surface area contributed by atoms with Crippen LogP contribution < -0.4 is 0 Å². The summed E-state index contributed by atoms with van der Waals surface area (Å²) in [4.78, 5) is 15.4. The van der Waals surface area contributed by atoms with Gasteiger partial charge in [-0.05, 0) is 30.0 Å². The molecule has 0 amide bonds. The lowest BCUT2D eigenvalue weighted by Gasteiger charge is -2.03. The maximum atomic E-state index is 11.3. The van der Waals surface area contributed by atoms with Gasteiger partial charge in [-0.2, -0.15) is 0 Å². The first kappa shape index (κ1) is 9.65. The number of methoxy groups -OCH3 is 1. The predicted molar refractivity (Wildman–Crippen MR) is 57.8 cm³/mol. The number of carbonyl (C=O) groups is 1. The highest BCUT2D eigenvalue weighted by Crippen LogP contribution is 2.18. The number of benzene rings is 1. The maximum Gasteiger partial charge on any atom is 0.337 e. The van der Waals surface area contributed by atoms with E-state index in [0.29, 0.717) is 5.56 Å². The highest BCUT2D eigenvalue weighted by atomic mass is 16.5. The molecule has 0 saturated heterocycles. The number of hydrogen-bond acceptors (Lipinski definition) is 3. The molecule has 2 aromatic rings. The summed E-state index contributed by atoms with van der Waals surface area (Å²) in [6, 6.07) is 5.45. The van der Waals surface area contributed by atoms with E-state index in [-0.39, 0.29) is 5.97 Å². The van der Waals surface area contributed by atoms with Crippen molar-refractivity contribution in [2.75, 3.05) is 7.11 Å². The topological polar surface area (TPSA) is 39.2 Å². The molecule has 0 spiro atoms. The molecule has 1 heterocycles. The molecule has 0 aliphatic heterocycles. The average Bonchev–Trinajstić information content (AvgIpc) is 2.28. The molecule has 0 aliphatic carbocycles. The van der Waals surface area contributed by atoms with E-state index in [1.807, 2.05) is 19.1 Å². The van der Waals surface area contributed by atoms with Crippen LogP contribution in [0.5, 0.6) is 0 Å². The second-order valence-electron chi connectivity index (χ2n) is 3.38. The van der Waals surface area contributed by atoms with Crippen molar-refractivity contribution in [3.63, 3.8) is 0 Å². The third kappa shape index (κ3) is 1.68.